The summed E-state index contributed by atoms with van der Waals surface area (Å²) in [5.74, 6) is -1.76. The molecule has 1 aliphatic heterocycles. The van der Waals surface area contributed by atoms with E-state index in [1.54, 1.807) is 12.4 Å². The second kappa shape index (κ2) is 6.12. The van der Waals surface area contributed by atoms with Crippen LogP contribution in [0.1, 0.15) is 29.3 Å². The van der Waals surface area contributed by atoms with Crippen LogP contribution in [-0.4, -0.2) is 21.8 Å². The smallest absolute Gasteiger partial charge is 0.228 e. The first-order valence-electron chi connectivity index (χ1n) is 7.17. The molecule has 6 nitrogen and oxygen atoms in total. The first kappa shape index (κ1) is 15.1. The number of fused-ring (bicyclic) bond motifs is 1. The van der Waals surface area contributed by atoms with Gasteiger partial charge in [0.2, 0.25) is 11.8 Å². The molecule has 2 heterocycles. The van der Waals surface area contributed by atoms with Crippen LogP contribution in [0.4, 0.5) is 10.1 Å². The molecule has 118 valence electrons. The second-order valence-corrected chi connectivity index (χ2v) is 5.40. The third-order valence-corrected chi connectivity index (χ3v) is 3.65. The van der Waals surface area contributed by atoms with E-state index in [0.29, 0.717) is 16.9 Å². The number of carbonyl (C=O) groups is 2. The lowest BCUT2D eigenvalue weighted by Gasteiger charge is -2.24. The zero-order valence-corrected chi connectivity index (χ0v) is 12.5. The Balaban J connectivity index is 1.76. The molecule has 2 aromatic rings. The number of rotatable bonds is 3. The summed E-state index contributed by atoms with van der Waals surface area (Å²) in [5.41, 5.74) is 2.35. The third-order valence-electron chi connectivity index (χ3n) is 3.65. The standard InChI is InChI=1S/C16H15FN4O2/c1-9-6-19-11(7-18-9)8-20-16(23)13-5-15(22)21-14-3-2-10(17)4-12(13)14/h2-4,6-7,13H,5,8H2,1H3,(H,20,23)(H,21,22). The molecule has 0 radical (unpaired) electrons. The van der Waals surface area contributed by atoms with Crippen molar-refractivity contribution in [1.29, 1.82) is 0 Å². The number of carbonyl (C=O) groups excluding carboxylic acids is 2. The largest absolute Gasteiger partial charge is 0.350 e. The van der Waals surface area contributed by atoms with Crippen molar-refractivity contribution in [3.63, 3.8) is 0 Å². The van der Waals surface area contributed by atoms with E-state index >= 15 is 0 Å². The van der Waals surface area contributed by atoms with Gasteiger partial charge in [0.15, 0.2) is 0 Å². The van der Waals surface area contributed by atoms with Crippen LogP contribution in [-0.2, 0) is 16.1 Å². The molecule has 3 rings (SSSR count). The molecule has 1 unspecified atom stereocenters. The molecule has 0 saturated carbocycles. The lowest BCUT2D eigenvalue weighted by Crippen LogP contribution is -2.35. The molecule has 7 heteroatoms. The molecule has 0 bridgehead atoms. The van der Waals surface area contributed by atoms with E-state index in [4.69, 9.17) is 0 Å². The molecule has 1 aliphatic rings. The zero-order valence-electron chi connectivity index (χ0n) is 12.5. The molecule has 2 amide bonds. The molecule has 2 N–H and O–H groups in total. The van der Waals surface area contributed by atoms with Crippen molar-refractivity contribution in [2.75, 3.05) is 5.32 Å². The van der Waals surface area contributed by atoms with Gasteiger partial charge in [-0.15, -0.1) is 0 Å². The van der Waals surface area contributed by atoms with E-state index in [2.05, 4.69) is 20.6 Å². The van der Waals surface area contributed by atoms with Crippen LogP contribution in [0.2, 0.25) is 0 Å². The highest BCUT2D eigenvalue weighted by Crippen LogP contribution is 2.32. The van der Waals surface area contributed by atoms with Gasteiger partial charge in [-0.25, -0.2) is 4.39 Å². The SMILES string of the molecule is Cc1cnc(CNC(=O)C2CC(=O)Nc3ccc(F)cc32)cn1. The summed E-state index contributed by atoms with van der Waals surface area (Å²) in [7, 11) is 0. The van der Waals surface area contributed by atoms with E-state index in [1.165, 1.54) is 18.2 Å². The predicted molar refractivity (Wildman–Crippen MR) is 81.0 cm³/mol. The van der Waals surface area contributed by atoms with Gasteiger partial charge in [-0.3, -0.25) is 19.6 Å². The number of amides is 2. The molecular formula is C16H15FN4O2. The number of nitrogens with zero attached hydrogens (tertiary/aromatic N) is 2. The van der Waals surface area contributed by atoms with E-state index in [1.807, 2.05) is 6.92 Å². The zero-order chi connectivity index (χ0) is 16.4. The van der Waals surface area contributed by atoms with Crippen LogP contribution in [0.3, 0.4) is 0 Å². The van der Waals surface area contributed by atoms with Crippen molar-refractivity contribution in [1.82, 2.24) is 15.3 Å². The fraction of sp³-hybridized carbons (Fsp3) is 0.250. The van der Waals surface area contributed by atoms with Crippen molar-refractivity contribution >= 4 is 17.5 Å². The van der Waals surface area contributed by atoms with Crippen molar-refractivity contribution < 1.29 is 14.0 Å². The number of benzene rings is 1. The maximum absolute atomic E-state index is 13.5. The van der Waals surface area contributed by atoms with Crippen molar-refractivity contribution in [2.24, 2.45) is 0 Å². The number of anilines is 1. The van der Waals surface area contributed by atoms with Crippen LogP contribution in [0.15, 0.2) is 30.6 Å². The molecular weight excluding hydrogens is 299 g/mol. The molecule has 0 saturated heterocycles. The summed E-state index contributed by atoms with van der Waals surface area (Å²) in [4.78, 5) is 32.4. The number of hydrogen-bond acceptors (Lipinski definition) is 4. The third kappa shape index (κ3) is 3.33. The van der Waals surface area contributed by atoms with Crippen LogP contribution >= 0.6 is 0 Å². The highest BCUT2D eigenvalue weighted by molar-refractivity contribution is 6.01. The molecule has 0 spiro atoms. The lowest BCUT2D eigenvalue weighted by atomic mass is 9.89. The Bertz CT molecular complexity index is 761. The van der Waals surface area contributed by atoms with E-state index in [-0.39, 0.29) is 24.8 Å². The number of nitrogens with one attached hydrogen (secondary N) is 2. The summed E-state index contributed by atoms with van der Waals surface area (Å²) in [6.45, 7) is 2.02. The maximum atomic E-state index is 13.5. The van der Waals surface area contributed by atoms with Crippen LogP contribution < -0.4 is 10.6 Å². The Labute approximate surface area is 132 Å². The van der Waals surface area contributed by atoms with Gasteiger partial charge in [-0.2, -0.15) is 0 Å². The quantitative estimate of drug-likeness (QED) is 0.902. The van der Waals surface area contributed by atoms with Crippen molar-refractivity contribution in [3.8, 4) is 0 Å². The highest BCUT2D eigenvalue weighted by atomic mass is 19.1. The van der Waals surface area contributed by atoms with Crippen molar-refractivity contribution in [2.45, 2.75) is 25.8 Å². The van der Waals surface area contributed by atoms with Gasteiger partial charge in [0, 0.05) is 18.3 Å². The van der Waals surface area contributed by atoms with Gasteiger partial charge in [0.25, 0.3) is 0 Å². The average Bonchev–Trinajstić information content (AvgIpc) is 2.53. The summed E-state index contributed by atoms with van der Waals surface area (Å²) in [6, 6.07) is 4.00. The number of hydrogen-bond donors (Lipinski definition) is 2. The Hall–Kier alpha value is -2.83. The minimum absolute atomic E-state index is 0.0120. The lowest BCUT2D eigenvalue weighted by molar-refractivity contribution is -0.126. The summed E-state index contributed by atoms with van der Waals surface area (Å²) >= 11 is 0. The molecule has 1 atom stereocenters. The molecule has 1 aromatic heterocycles. The fourth-order valence-electron chi connectivity index (χ4n) is 2.48. The van der Waals surface area contributed by atoms with Crippen LogP contribution in [0, 0.1) is 12.7 Å². The summed E-state index contributed by atoms with van der Waals surface area (Å²) < 4.78 is 13.5. The molecule has 0 aliphatic carbocycles. The Morgan fingerprint density at radius 2 is 2.22 bits per heavy atom. The minimum atomic E-state index is -0.715. The van der Waals surface area contributed by atoms with E-state index in [9.17, 15) is 14.0 Å². The number of halogens is 1. The maximum Gasteiger partial charge on any atom is 0.228 e. The van der Waals surface area contributed by atoms with Gasteiger partial charge >= 0.3 is 0 Å². The second-order valence-electron chi connectivity index (χ2n) is 5.40. The Kier molecular flexibility index (Phi) is 4.01. The summed E-state index contributed by atoms with van der Waals surface area (Å²) in [6.07, 6.45) is 3.18. The predicted octanol–water partition coefficient (Wildman–Crippen LogP) is 1.67. The first-order valence-corrected chi connectivity index (χ1v) is 7.17. The van der Waals surface area contributed by atoms with Crippen molar-refractivity contribution in [3.05, 3.63) is 53.4 Å². The van der Waals surface area contributed by atoms with Gasteiger partial charge < -0.3 is 10.6 Å². The molecule has 23 heavy (non-hydrogen) atoms. The number of aromatic nitrogens is 2. The van der Waals surface area contributed by atoms with E-state index in [0.717, 1.165) is 5.69 Å². The van der Waals surface area contributed by atoms with Gasteiger partial charge in [0.1, 0.15) is 5.82 Å². The molecule has 0 fully saturated rings. The normalized spacial score (nSPS) is 16.4. The van der Waals surface area contributed by atoms with Gasteiger partial charge in [-0.05, 0) is 30.7 Å². The van der Waals surface area contributed by atoms with E-state index < -0.39 is 11.7 Å². The Morgan fingerprint density at radius 3 is 2.96 bits per heavy atom. The average molecular weight is 314 g/mol. The van der Waals surface area contributed by atoms with Gasteiger partial charge in [0.05, 0.1) is 30.0 Å². The summed E-state index contributed by atoms with van der Waals surface area (Å²) in [5, 5.41) is 5.37. The van der Waals surface area contributed by atoms with Crippen LogP contribution in [0.25, 0.3) is 0 Å². The topological polar surface area (TPSA) is 84.0 Å². The fourth-order valence-corrected chi connectivity index (χ4v) is 2.48. The van der Waals surface area contributed by atoms with Crippen LogP contribution in [0.5, 0.6) is 0 Å². The first-order chi connectivity index (χ1) is 11.0. The monoisotopic (exact) mass is 314 g/mol. The molecule has 1 aromatic carbocycles. The Morgan fingerprint density at radius 1 is 1.39 bits per heavy atom. The highest BCUT2D eigenvalue weighted by Gasteiger charge is 2.30. The van der Waals surface area contributed by atoms with Gasteiger partial charge in [-0.1, -0.05) is 0 Å². The minimum Gasteiger partial charge on any atom is -0.350 e. The number of aryl methyl sites for hydroxylation is 1.